The third-order valence-corrected chi connectivity index (χ3v) is 3.63. The minimum Gasteiger partial charge on any atom is -0.391 e. The number of aromatic nitrogens is 2. The number of benzene rings is 1. The van der Waals surface area contributed by atoms with E-state index in [-0.39, 0.29) is 28.7 Å². The van der Waals surface area contributed by atoms with Gasteiger partial charge in [0.1, 0.15) is 17.4 Å². The van der Waals surface area contributed by atoms with Crippen LogP contribution in [0.25, 0.3) is 0 Å². The highest BCUT2D eigenvalue weighted by Crippen LogP contribution is 2.27. The Hall–Kier alpha value is -2.49. The Morgan fingerprint density at radius 1 is 1.50 bits per heavy atom. The lowest BCUT2D eigenvalue weighted by Gasteiger charge is -2.15. The first-order chi connectivity index (χ1) is 12.2. The molecule has 0 saturated carbocycles. The zero-order valence-corrected chi connectivity index (χ0v) is 15.1. The van der Waals surface area contributed by atoms with Crippen molar-refractivity contribution < 1.29 is 19.1 Å². The lowest BCUT2D eigenvalue weighted by molar-refractivity contribution is -0.00717. The summed E-state index contributed by atoms with van der Waals surface area (Å²) in [6, 6.07) is 4.39. The molecule has 2 rings (SSSR count). The smallest absolute Gasteiger partial charge is 0.297 e. The minimum atomic E-state index is -0.821. The van der Waals surface area contributed by atoms with Crippen LogP contribution < -0.4 is 16.4 Å². The predicted octanol–water partition coefficient (Wildman–Crippen LogP) is 1.67. The number of hydroxylamine groups is 1. The van der Waals surface area contributed by atoms with E-state index in [9.17, 15) is 14.0 Å². The molecular formula is C16H18ClFN4O4. The number of aliphatic hydroxyl groups excluding tert-OH is 1. The molecule has 2 aromatic rings. The number of aryl methyl sites for hydroxylation is 2. The maximum Gasteiger partial charge on any atom is 0.297 e. The van der Waals surface area contributed by atoms with Crippen LogP contribution in [0.3, 0.4) is 0 Å². The largest absolute Gasteiger partial charge is 0.391 e. The van der Waals surface area contributed by atoms with Gasteiger partial charge in [-0.2, -0.15) is 5.10 Å². The maximum atomic E-state index is 14.1. The molecule has 8 nitrogen and oxygen atoms in total. The average molecular weight is 385 g/mol. The number of anilines is 2. The predicted molar refractivity (Wildman–Crippen MR) is 94.0 cm³/mol. The van der Waals surface area contributed by atoms with Crippen LogP contribution in [0.4, 0.5) is 15.8 Å². The quantitative estimate of drug-likeness (QED) is 0.654. The van der Waals surface area contributed by atoms with E-state index < -0.39 is 23.4 Å². The van der Waals surface area contributed by atoms with Crippen molar-refractivity contribution >= 4 is 28.9 Å². The van der Waals surface area contributed by atoms with Crippen molar-refractivity contribution in [2.24, 2.45) is 7.05 Å². The molecule has 10 heteroatoms. The van der Waals surface area contributed by atoms with E-state index >= 15 is 0 Å². The van der Waals surface area contributed by atoms with Crippen LogP contribution in [0.15, 0.2) is 23.0 Å². The number of hydrogen-bond acceptors (Lipinski definition) is 6. The van der Waals surface area contributed by atoms with E-state index in [1.807, 2.05) is 0 Å². The van der Waals surface area contributed by atoms with Gasteiger partial charge in [-0.05, 0) is 31.5 Å². The second-order valence-electron chi connectivity index (χ2n) is 5.67. The summed E-state index contributed by atoms with van der Waals surface area (Å²) < 4.78 is 15.0. The lowest BCUT2D eigenvalue weighted by Crippen LogP contribution is -2.32. The van der Waals surface area contributed by atoms with Gasteiger partial charge in [0.05, 0.1) is 17.5 Å². The number of nitrogens with one attached hydrogen (secondary N) is 2. The molecule has 1 atom stereocenters. The molecule has 1 aromatic carbocycles. The van der Waals surface area contributed by atoms with Gasteiger partial charge in [-0.15, -0.1) is 0 Å². The molecule has 0 saturated heterocycles. The molecule has 1 heterocycles. The topological polar surface area (TPSA) is 105 Å². The van der Waals surface area contributed by atoms with E-state index in [4.69, 9.17) is 21.5 Å². The van der Waals surface area contributed by atoms with Crippen LogP contribution in [-0.4, -0.2) is 33.5 Å². The molecule has 3 N–H and O–H groups in total. The van der Waals surface area contributed by atoms with Crippen LogP contribution in [0.1, 0.15) is 23.0 Å². The lowest BCUT2D eigenvalue weighted by atomic mass is 10.2. The van der Waals surface area contributed by atoms with Crippen molar-refractivity contribution in [1.82, 2.24) is 15.3 Å². The van der Waals surface area contributed by atoms with Crippen LogP contribution in [0.5, 0.6) is 0 Å². The van der Waals surface area contributed by atoms with Crippen LogP contribution in [0.2, 0.25) is 5.02 Å². The number of aliphatic hydroxyl groups is 1. The molecule has 0 fully saturated rings. The van der Waals surface area contributed by atoms with Crippen molar-refractivity contribution in [2.45, 2.75) is 20.0 Å². The summed E-state index contributed by atoms with van der Waals surface area (Å²) in [5, 5.41) is 15.3. The molecule has 0 radical (unpaired) electrons. The fourth-order valence-corrected chi connectivity index (χ4v) is 2.26. The zero-order chi connectivity index (χ0) is 19.4. The van der Waals surface area contributed by atoms with Gasteiger partial charge in [0, 0.05) is 7.05 Å². The number of carbonyl (C=O) groups is 1. The van der Waals surface area contributed by atoms with E-state index in [0.717, 1.165) is 4.68 Å². The third kappa shape index (κ3) is 4.57. The Labute approximate surface area is 153 Å². The van der Waals surface area contributed by atoms with Crippen molar-refractivity contribution in [3.05, 3.63) is 50.7 Å². The van der Waals surface area contributed by atoms with Crippen LogP contribution in [-0.2, 0) is 11.9 Å². The number of amides is 1. The summed E-state index contributed by atoms with van der Waals surface area (Å²) in [7, 11) is 1.32. The molecule has 1 aromatic heterocycles. The summed E-state index contributed by atoms with van der Waals surface area (Å²) in [4.78, 5) is 29.2. The Morgan fingerprint density at radius 3 is 2.81 bits per heavy atom. The van der Waals surface area contributed by atoms with E-state index in [0.29, 0.717) is 5.56 Å². The molecule has 140 valence electrons. The Balaban J connectivity index is 2.41. The van der Waals surface area contributed by atoms with Crippen LogP contribution in [0, 0.1) is 12.7 Å². The molecule has 0 bridgehead atoms. The highest BCUT2D eigenvalue weighted by molar-refractivity contribution is 6.34. The van der Waals surface area contributed by atoms with Crippen molar-refractivity contribution in [2.75, 3.05) is 11.9 Å². The highest BCUT2D eigenvalue weighted by Gasteiger charge is 2.22. The second-order valence-corrected chi connectivity index (χ2v) is 6.04. The van der Waals surface area contributed by atoms with Gasteiger partial charge in [0.25, 0.3) is 11.5 Å². The van der Waals surface area contributed by atoms with Gasteiger partial charge < -0.3 is 10.4 Å². The third-order valence-electron chi connectivity index (χ3n) is 3.28. The standard InChI is InChI=1S/C16H18ClFN4O4/c1-8-4-5-11(10(18)6-8)19-13-12(17)16(25)22(3)20-14(13)15(24)21-26-7-9(2)23/h4-6,9,19,23H,7H2,1-3H3,(H,21,24)/t9-/m0/s1. The Bertz CT molecular complexity index is 885. The second kappa shape index (κ2) is 8.26. The van der Waals surface area contributed by atoms with Crippen LogP contribution >= 0.6 is 11.6 Å². The number of carbonyl (C=O) groups excluding carboxylic acids is 1. The van der Waals surface area contributed by atoms with Gasteiger partial charge in [-0.25, -0.2) is 14.6 Å². The van der Waals surface area contributed by atoms with E-state index in [2.05, 4.69) is 15.9 Å². The fraction of sp³-hybridized carbons (Fsp3) is 0.312. The molecule has 0 aliphatic rings. The van der Waals surface area contributed by atoms with Gasteiger partial charge >= 0.3 is 0 Å². The summed E-state index contributed by atoms with van der Waals surface area (Å²) in [5.41, 5.74) is 1.71. The molecule has 26 heavy (non-hydrogen) atoms. The summed E-state index contributed by atoms with van der Waals surface area (Å²) in [6.07, 6.45) is -0.800. The first-order valence-corrected chi connectivity index (χ1v) is 7.98. The van der Waals surface area contributed by atoms with Gasteiger partial charge in [-0.1, -0.05) is 17.7 Å². The maximum absolute atomic E-state index is 14.1. The van der Waals surface area contributed by atoms with Gasteiger partial charge in [-0.3, -0.25) is 14.4 Å². The summed E-state index contributed by atoms with van der Waals surface area (Å²) in [5.74, 6) is -1.41. The average Bonchev–Trinajstić information content (AvgIpc) is 2.56. The Kier molecular flexibility index (Phi) is 6.30. The minimum absolute atomic E-state index is 0.0199. The molecule has 0 unspecified atom stereocenters. The summed E-state index contributed by atoms with van der Waals surface area (Å²) in [6.45, 7) is 3.04. The first-order valence-electron chi connectivity index (χ1n) is 7.61. The zero-order valence-electron chi connectivity index (χ0n) is 14.3. The van der Waals surface area contributed by atoms with Crippen molar-refractivity contribution in [1.29, 1.82) is 0 Å². The van der Waals surface area contributed by atoms with E-state index in [1.54, 1.807) is 13.0 Å². The normalized spacial score (nSPS) is 11.9. The number of nitrogens with zero attached hydrogens (tertiary/aromatic N) is 2. The van der Waals surface area contributed by atoms with Crippen molar-refractivity contribution in [3.8, 4) is 0 Å². The highest BCUT2D eigenvalue weighted by atomic mass is 35.5. The molecule has 0 aliphatic carbocycles. The number of rotatable bonds is 6. The first kappa shape index (κ1) is 19.8. The monoisotopic (exact) mass is 384 g/mol. The summed E-state index contributed by atoms with van der Waals surface area (Å²) >= 11 is 6.05. The molecule has 0 spiro atoms. The Morgan fingerprint density at radius 2 is 2.19 bits per heavy atom. The van der Waals surface area contributed by atoms with Gasteiger partial charge in [0.2, 0.25) is 0 Å². The van der Waals surface area contributed by atoms with E-state index in [1.165, 1.54) is 26.1 Å². The molecule has 0 aliphatic heterocycles. The number of halogens is 2. The molecule has 1 amide bonds. The van der Waals surface area contributed by atoms with Crippen molar-refractivity contribution in [3.63, 3.8) is 0 Å². The van der Waals surface area contributed by atoms with Gasteiger partial charge in [0.15, 0.2) is 5.69 Å². The number of hydrogen-bond donors (Lipinski definition) is 3. The SMILES string of the molecule is Cc1ccc(Nc2c(C(=O)NOC[C@H](C)O)nn(C)c(=O)c2Cl)c(F)c1. The fourth-order valence-electron chi connectivity index (χ4n) is 2.00. The molecular weight excluding hydrogens is 367 g/mol.